The molecule has 0 bridgehead atoms. The Morgan fingerprint density at radius 1 is 1.43 bits per heavy atom. The second-order valence-electron chi connectivity index (χ2n) is 4.35. The van der Waals surface area contributed by atoms with Crippen LogP contribution in [0.15, 0.2) is 22.7 Å². The Hall–Kier alpha value is -1.93. The molecule has 8 heteroatoms. The fraction of sp³-hybridized carbons (Fsp3) is 0.154. The monoisotopic (exact) mass is 369 g/mol. The number of carbonyl (C=O) groups excluding carboxylic acids is 1. The quantitative estimate of drug-likeness (QED) is 0.810. The van der Waals surface area contributed by atoms with Gasteiger partial charge in [0.2, 0.25) is 0 Å². The minimum Gasteiger partial charge on any atom is -0.478 e. The van der Waals surface area contributed by atoms with Gasteiger partial charge < -0.3 is 15.7 Å². The molecule has 1 amide bonds. The number of hydrogen-bond donors (Lipinski definition) is 2. The van der Waals surface area contributed by atoms with Gasteiger partial charge in [0.1, 0.15) is 10.6 Å². The van der Waals surface area contributed by atoms with Crippen LogP contribution in [-0.2, 0) is 0 Å². The van der Waals surface area contributed by atoms with Gasteiger partial charge in [-0.15, -0.1) is 0 Å². The number of aryl methyl sites for hydroxylation is 1. The van der Waals surface area contributed by atoms with Crippen LogP contribution in [0.2, 0.25) is 0 Å². The zero-order valence-electron chi connectivity index (χ0n) is 11.3. The highest BCUT2D eigenvalue weighted by Gasteiger charge is 2.24. The SMILES string of the molecule is Cc1nsc(N(C)C(=O)c2ccc(Br)c(N)c2)c1C(=O)O. The van der Waals surface area contributed by atoms with E-state index in [0.717, 1.165) is 11.5 Å². The first-order valence-corrected chi connectivity index (χ1v) is 7.42. The molecule has 0 radical (unpaired) electrons. The number of carbonyl (C=O) groups is 2. The van der Waals surface area contributed by atoms with E-state index in [1.165, 1.54) is 18.0 Å². The highest BCUT2D eigenvalue weighted by Crippen LogP contribution is 2.29. The lowest BCUT2D eigenvalue weighted by molar-refractivity contribution is 0.0697. The van der Waals surface area contributed by atoms with Crippen LogP contribution >= 0.6 is 27.5 Å². The van der Waals surface area contributed by atoms with Gasteiger partial charge in [0.25, 0.3) is 5.91 Å². The predicted molar refractivity (Wildman–Crippen MR) is 85.1 cm³/mol. The van der Waals surface area contributed by atoms with E-state index in [4.69, 9.17) is 5.73 Å². The molecular formula is C13H12BrN3O3S. The third-order valence-electron chi connectivity index (χ3n) is 2.91. The summed E-state index contributed by atoms with van der Waals surface area (Å²) in [6, 6.07) is 4.83. The van der Waals surface area contributed by atoms with Crippen LogP contribution in [0.3, 0.4) is 0 Å². The van der Waals surface area contributed by atoms with Gasteiger partial charge in [-0.05, 0) is 52.6 Å². The van der Waals surface area contributed by atoms with Crippen LogP contribution < -0.4 is 10.6 Å². The molecule has 0 spiro atoms. The second kappa shape index (κ2) is 5.82. The number of benzene rings is 1. The first-order chi connectivity index (χ1) is 9.82. The van der Waals surface area contributed by atoms with Crippen LogP contribution in [0.4, 0.5) is 10.7 Å². The Morgan fingerprint density at radius 3 is 2.67 bits per heavy atom. The summed E-state index contributed by atoms with van der Waals surface area (Å²) in [5, 5.41) is 9.52. The van der Waals surface area contributed by atoms with Gasteiger partial charge in [-0.1, -0.05) is 0 Å². The van der Waals surface area contributed by atoms with Crippen molar-refractivity contribution >= 4 is 50.0 Å². The van der Waals surface area contributed by atoms with E-state index in [-0.39, 0.29) is 11.5 Å². The molecule has 0 atom stereocenters. The molecule has 0 fully saturated rings. The lowest BCUT2D eigenvalue weighted by Crippen LogP contribution is -2.27. The van der Waals surface area contributed by atoms with Crippen molar-refractivity contribution in [1.82, 2.24) is 4.37 Å². The third-order valence-corrected chi connectivity index (χ3v) is 4.65. The van der Waals surface area contributed by atoms with E-state index in [1.54, 1.807) is 19.1 Å². The number of carboxylic acid groups (broad SMARTS) is 1. The van der Waals surface area contributed by atoms with Crippen molar-refractivity contribution in [3.8, 4) is 0 Å². The zero-order chi connectivity index (χ0) is 15.7. The summed E-state index contributed by atoms with van der Waals surface area (Å²) in [5.74, 6) is -1.45. The van der Waals surface area contributed by atoms with Gasteiger partial charge in [-0.3, -0.25) is 4.79 Å². The number of halogens is 1. The van der Waals surface area contributed by atoms with E-state index in [0.29, 0.717) is 26.4 Å². The van der Waals surface area contributed by atoms with Gasteiger partial charge in [0, 0.05) is 22.8 Å². The molecule has 21 heavy (non-hydrogen) atoms. The summed E-state index contributed by atoms with van der Waals surface area (Å²) in [7, 11) is 1.51. The average Bonchev–Trinajstić information content (AvgIpc) is 2.82. The molecule has 1 heterocycles. The normalized spacial score (nSPS) is 10.4. The summed E-state index contributed by atoms with van der Waals surface area (Å²) < 4.78 is 4.70. The van der Waals surface area contributed by atoms with Gasteiger partial charge in [0.05, 0.1) is 5.69 Å². The first kappa shape index (κ1) is 15.5. The molecule has 0 saturated carbocycles. The maximum atomic E-state index is 12.4. The number of aromatic carboxylic acids is 1. The highest BCUT2D eigenvalue weighted by molar-refractivity contribution is 9.10. The van der Waals surface area contributed by atoms with Gasteiger partial charge in [-0.2, -0.15) is 4.37 Å². The summed E-state index contributed by atoms with van der Waals surface area (Å²) in [5.41, 5.74) is 7.00. The Morgan fingerprint density at radius 2 is 2.10 bits per heavy atom. The number of anilines is 2. The van der Waals surface area contributed by atoms with Crippen molar-refractivity contribution in [1.29, 1.82) is 0 Å². The Bertz CT molecular complexity index is 729. The van der Waals surface area contributed by atoms with Crippen LogP contribution in [0.25, 0.3) is 0 Å². The molecule has 0 aliphatic rings. The number of nitrogen functional groups attached to an aromatic ring is 1. The summed E-state index contributed by atoms with van der Waals surface area (Å²) in [4.78, 5) is 25.0. The van der Waals surface area contributed by atoms with Crippen molar-refractivity contribution in [3.05, 3.63) is 39.5 Å². The molecule has 2 rings (SSSR count). The number of nitrogens with two attached hydrogens (primary N) is 1. The number of nitrogens with zero attached hydrogens (tertiary/aromatic N) is 2. The number of aromatic nitrogens is 1. The maximum absolute atomic E-state index is 12.4. The Labute approximate surface area is 133 Å². The van der Waals surface area contributed by atoms with E-state index in [1.807, 2.05) is 0 Å². The van der Waals surface area contributed by atoms with Crippen LogP contribution in [0, 0.1) is 6.92 Å². The lowest BCUT2D eigenvalue weighted by atomic mass is 10.1. The molecule has 1 aromatic carbocycles. The second-order valence-corrected chi connectivity index (χ2v) is 5.96. The number of amides is 1. The number of carboxylic acids is 1. The number of hydrogen-bond acceptors (Lipinski definition) is 5. The van der Waals surface area contributed by atoms with Crippen LogP contribution in [0.1, 0.15) is 26.4 Å². The minimum absolute atomic E-state index is 0.0425. The Balaban J connectivity index is 2.40. The molecule has 1 aromatic heterocycles. The lowest BCUT2D eigenvalue weighted by Gasteiger charge is -2.16. The third kappa shape index (κ3) is 2.91. The maximum Gasteiger partial charge on any atom is 0.340 e. The fourth-order valence-corrected chi connectivity index (χ4v) is 2.89. The molecule has 2 aromatic rings. The number of rotatable bonds is 3. The molecule has 0 aliphatic heterocycles. The van der Waals surface area contributed by atoms with Crippen molar-refractivity contribution in [2.75, 3.05) is 17.7 Å². The molecule has 0 saturated heterocycles. The zero-order valence-corrected chi connectivity index (χ0v) is 13.7. The Kier molecular flexibility index (Phi) is 4.29. The van der Waals surface area contributed by atoms with Crippen LogP contribution in [-0.4, -0.2) is 28.4 Å². The molecule has 6 nitrogen and oxygen atoms in total. The van der Waals surface area contributed by atoms with Crippen LogP contribution in [0.5, 0.6) is 0 Å². The highest BCUT2D eigenvalue weighted by atomic mass is 79.9. The topological polar surface area (TPSA) is 96.5 Å². The van der Waals surface area contributed by atoms with Gasteiger partial charge in [0.15, 0.2) is 0 Å². The smallest absolute Gasteiger partial charge is 0.340 e. The minimum atomic E-state index is -1.11. The van der Waals surface area contributed by atoms with Crippen molar-refractivity contribution < 1.29 is 14.7 Å². The van der Waals surface area contributed by atoms with Crippen molar-refractivity contribution in [3.63, 3.8) is 0 Å². The van der Waals surface area contributed by atoms with E-state index < -0.39 is 5.97 Å². The standard InChI is InChI=1S/C13H12BrN3O3S/c1-6-10(13(19)20)12(21-16-6)17(2)11(18)7-3-4-8(14)9(15)5-7/h3-5H,15H2,1-2H3,(H,19,20). The van der Waals surface area contributed by atoms with Gasteiger partial charge >= 0.3 is 5.97 Å². The summed E-state index contributed by atoms with van der Waals surface area (Å²) in [6.45, 7) is 1.60. The summed E-state index contributed by atoms with van der Waals surface area (Å²) in [6.07, 6.45) is 0. The van der Waals surface area contributed by atoms with Crippen molar-refractivity contribution in [2.45, 2.75) is 6.92 Å². The largest absolute Gasteiger partial charge is 0.478 e. The van der Waals surface area contributed by atoms with Crippen molar-refractivity contribution in [2.24, 2.45) is 0 Å². The molecule has 110 valence electrons. The molecule has 3 N–H and O–H groups in total. The van der Waals surface area contributed by atoms with E-state index in [9.17, 15) is 14.7 Å². The first-order valence-electron chi connectivity index (χ1n) is 5.85. The van der Waals surface area contributed by atoms with Gasteiger partial charge in [-0.25, -0.2) is 4.79 Å². The summed E-state index contributed by atoms with van der Waals surface area (Å²) >= 11 is 4.24. The molecular weight excluding hydrogens is 358 g/mol. The predicted octanol–water partition coefficient (Wildman–Crippen LogP) is 2.77. The van der Waals surface area contributed by atoms with E-state index >= 15 is 0 Å². The fourth-order valence-electron chi connectivity index (χ4n) is 1.80. The average molecular weight is 370 g/mol. The molecule has 0 aliphatic carbocycles. The van der Waals surface area contributed by atoms with E-state index in [2.05, 4.69) is 20.3 Å². The molecule has 0 unspecified atom stereocenters.